The van der Waals surface area contributed by atoms with E-state index >= 15 is 0 Å². The molecule has 1 amide bonds. The minimum atomic E-state index is -0.246. The number of hydrogen-bond donors (Lipinski definition) is 1. The maximum atomic E-state index is 11.5. The van der Waals surface area contributed by atoms with Gasteiger partial charge in [-0.1, -0.05) is 11.3 Å². The van der Waals surface area contributed by atoms with Gasteiger partial charge in [-0.05, 0) is 6.92 Å². The molecule has 17 heavy (non-hydrogen) atoms. The number of nitrogens with zero attached hydrogens (tertiary/aromatic N) is 4. The Balaban J connectivity index is 1.88. The number of amides is 1. The molecule has 0 aliphatic carbocycles. The number of piperazine rings is 1. The van der Waals surface area contributed by atoms with Crippen molar-refractivity contribution >= 4 is 27.7 Å². The molecular formula is C9H15N5O2S. The lowest BCUT2D eigenvalue weighted by Gasteiger charge is -2.33. The molecule has 7 nitrogen and oxygen atoms in total. The molecule has 0 spiro atoms. The smallest absolute Gasteiger partial charge is 0.409 e. The molecule has 2 heterocycles. The van der Waals surface area contributed by atoms with Gasteiger partial charge in [-0.2, -0.15) is 0 Å². The third kappa shape index (κ3) is 2.76. The zero-order chi connectivity index (χ0) is 12.3. The van der Waals surface area contributed by atoms with Crippen LogP contribution in [-0.2, 0) is 4.74 Å². The molecule has 2 rings (SSSR count). The van der Waals surface area contributed by atoms with Gasteiger partial charge in [0.1, 0.15) is 0 Å². The maximum Gasteiger partial charge on any atom is 0.409 e. The quantitative estimate of drug-likeness (QED) is 0.825. The minimum Gasteiger partial charge on any atom is -0.450 e. The first-order valence-corrected chi connectivity index (χ1v) is 6.28. The Labute approximate surface area is 103 Å². The molecule has 8 heteroatoms. The molecule has 1 aliphatic rings. The second kappa shape index (κ2) is 5.17. The monoisotopic (exact) mass is 257 g/mol. The molecule has 1 aromatic heterocycles. The molecule has 94 valence electrons. The summed E-state index contributed by atoms with van der Waals surface area (Å²) in [6.07, 6.45) is -0.246. The van der Waals surface area contributed by atoms with Crippen LogP contribution in [0.4, 0.5) is 15.1 Å². The van der Waals surface area contributed by atoms with Gasteiger partial charge < -0.3 is 20.3 Å². The molecule has 0 saturated carbocycles. The van der Waals surface area contributed by atoms with E-state index in [1.165, 1.54) is 11.3 Å². The Hall–Kier alpha value is -1.57. The Kier molecular flexibility index (Phi) is 3.62. The highest BCUT2D eigenvalue weighted by Crippen LogP contribution is 2.22. The summed E-state index contributed by atoms with van der Waals surface area (Å²) < 4.78 is 4.95. The Morgan fingerprint density at radius 2 is 2.12 bits per heavy atom. The molecule has 1 aliphatic heterocycles. The maximum absolute atomic E-state index is 11.5. The number of nitrogen functional groups attached to an aromatic ring is 1. The summed E-state index contributed by atoms with van der Waals surface area (Å²) in [5.41, 5.74) is 5.53. The zero-order valence-corrected chi connectivity index (χ0v) is 10.4. The van der Waals surface area contributed by atoms with Gasteiger partial charge in [-0.25, -0.2) is 4.79 Å². The van der Waals surface area contributed by atoms with E-state index < -0.39 is 0 Å². The van der Waals surface area contributed by atoms with Crippen molar-refractivity contribution in [3.63, 3.8) is 0 Å². The molecule has 0 unspecified atom stereocenters. The largest absolute Gasteiger partial charge is 0.450 e. The minimum absolute atomic E-state index is 0.246. The highest BCUT2D eigenvalue weighted by molar-refractivity contribution is 7.18. The van der Waals surface area contributed by atoms with E-state index in [1.807, 2.05) is 0 Å². The van der Waals surface area contributed by atoms with E-state index in [4.69, 9.17) is 10.5 Å². The van der Waals surface area contributed by atoms with Gasteiger partial charge in [-0.3, -0.25) is 0 Å². The molecule has 1 fully saturated rings. The number of hydrogen-bond acceptors (Lipinski definition) is 7. The van der Waals surface area contributed by atoms with Crippen molar-refractivity contribution in [3.05, 3.63) is 0 Å². The molecule has 1 aromatic rings. The van der Waals surface area contributed by atoms with Gasteiger partial charge in [0.05, 0.1) is 6.61 Å². The van der Waals surface area contributed by atoms with Gasteiger partial charge in [0.2, 0.25) is 10.3 Å². The van der Waals surface area contributed by atoms with Crippen LogP contribution in [0.3, 0.4) is 0 Å². The van der Waals surface area contributed by atoms with E-state index in [9.17, 15) is 4.79 Å². The van der Waals surface area contributed by atoms with Crippen LogP contribution in [0.15, 0.2) is 0 Å². The standard InChI is InChI=1S/C9H15N5O2S/c1-2-16-9(15)14-5-3-13(4-6-14)8-12-11-7(10)17-8/h2-6H2,1H3,(H2,10,11). The van der Waals surface area contributed by atoms with Crippen molar-refractivity contribution in [2.75, 3.05) is 43.4 Å². The normalized spacial score (nSPS) is 16.1. The van der Waals surface area contributed by atoms with E-state index in [2.05, 4.69) is 15.1 Å². The van der Waals surface area contributed by atoms with Crippen LogP contribution in [0.25, 0.3) is 0 Å². The van der Waals surface area contributed by atoms with Crippen molar-refractivity contribution in [2.45, 2.75) is 6.92 Å². The number of carbonyl (C=O) groups is 1. The van der Waals surface area contributed by atoms with Crippen LogP contribution in [-0.4, -0.2) is 54.0 Å². The van der Waals surface area contributed by atoms with E-state index in [1.54, 1.807) is 11.8 Å². The van der Waals surface area contributed by atoms with Gasteiger partial charge in [0.15, 0.2) is 0 Å². The first-order chi connectivity index (χ1) is 8.20. The summed E-state index contributed by atoms with van der Waals surface area (Å²) in [5, 5.41) is 9.03. The summed E-state index contributed by atoms with van der Waals surface area (Å²) in [4.78, 5) is 15.3. The number of nitrogens with two attached hydrogens (primary N) is 1. The predicted octanol–water partition coefficient (Wildman–Crippen LogP) is 0.399. The predicted molar refractivity (Wildman–Crippen MR) is 65.1 cm³/mol. The van der Waals surface area contributed by atoms with Gasteiger partial charge in [0.25, 0.3) is 0 Å². The fourth-order valence-electron chi connectivity index (χ4n) is 1.65. The number of carbonyl (C=O) groups excluding carboxylic acids is 1. The first kappa shape index (κ1) is 11.9. The summed E-state index contributed by atoms with van der Waals surface area (Å²) in [7, 11) is 0. The molecular weight excluding hydrogens is 242 g/mol. The van der Waals surface area contributed by atoms with Crippen LogP contribution in [0.1, 0.15) is 6.92 Å². The second-order valence-electron chi connectivity index (χ2n) is 3.60. The van der Waals surface area contributed by atoms with Crippen molar-refractivity contribution < 1.29 is 9.53 Å². The van der Waals surface area contributed by atoms with Crippen LogP contribution in [0, 0.1) is 0 Å². The Morgan fingerprint density at radius 1 is 1.41 bits per heavy atom. The number of anilines is 2. The average Bonchev–Trinajstić information content (AvgIpc) is 2.76. The Bertz CT molecular complexity index is 388. The highest BCUT2D eigenvalue weighted by atomic mass is 32.1. The van der Waals surface area contributed by atoms with Crippen LogP contribution in [0.5, 0.6) is 0 Å². The zero-order valence-electron chi connectivity index (χ0n) is 9.63. The van der Waals surface area contributed by atoms with E-state index in [0.29, 0.717) is 24.8 Å². The molecule has 0 bridgehead atoms. The molecule has 0 aromatic carbocycles. The third-order valence-corrected chi connectivity index (χ3v) is 3.32. The van der Waals surface area contributed by atoms with Crippen molar-refractivity contribution in [1.29, 1.82) is 0 Å². The molecule has 1 saturated heterocycles. The average molecular weight is 257 g/mol. The summed E-state index contributed by atoms with van der Waals surface area (Å²) in [5.74, 6) is 0. The van der Waals surface area contributed by atoms with Crippen LogP contribution >= 0.6 is 11.3 Å². The lowest BCUT2D eigenvalue weighted by atomic mass is 10.3. The lowest BCUT2D eigenvalue weighted by molar-refractivity contribution is 0.105. The fourth-order valence-corrected chi connectivity index (χ4v) is 2.31. The highest BCUT2D eigenvalue weighted by Gasteiger charge is 2.23. The van der Waals surface area contributed by atoms with Gasteiger partial charge in [-0.15, -0.1) is 10.2 Å². The van der Waals surface area contributed by atoms with Crippen LogP contribution in [0.2, 0.25) is 0 Å². The summed E-state index contributed by atoms with van der Waals surface area (Å²) in [6, 6.07) is 0. The van der Waals surface area contributed by atoms with Crippen molar-refractivity contribution in [3.8, 4) is 0 Å². The fraction of sp³-hybridized carbons (Fsp3) is 0.667. The van der Waals surface area contributed by atoms with Crippen molar-refractivity contribution in [2.24, 2.45) is 0 Å². The summed E-state index contributed by atoms with van der Waals surface area (Å²) in [6.45, 7) is 4.95. The lowest BCUT2D eigenvalue weighted by Crippen LogP contribution is -2.49. The SMILES string of the molecule is CCOC(=O)N1CCN(c2nnc(N)s2)CC1. The Morgan fingerprint density at radius 3 is 2.65 bits per heavy atom. The number of ether oxygens (including phenoxy) is 1. The van der Waals surface area contributed by atoms with Crippen LogP contribution < -0.4 is 10.6 Å². The van der Waals surface area contributed by atoms with Gasteiger partial charge in [0, 0.05) is 26.2 Å². The third-order valence-electron chi connectivity index (χ3n) is 2.51. The number of rotatable bonds is 2. The second-order valence-corrected chi connectivity index (χ2v) is 4.58. The van der Waals surface area contributed by atoms with Gasteiger partial charge >= 0.3 is 6.09 Å². The summed E-state index contributed by atoms with van der Waals surface area (Å²) >= 11 is 1.36. The molecule has 2 N–H and O–H groups in total. The number of aromatic nitrogens is 2. The molecule has 0 radical (unpaired) electrons. The topological polar surface area (TPSA) is 84.6 Å². The first-order valence-electron chi connectivity index (χ1n) is 5.46. The van der Waals surface area contributed by atoms with Crippen molar-refractivity contribution in [1.82, 2.24) is 15.1 Å². The molecule has 0 atom stereocenters. The van der Waals surface area contributed by atoms with E-state index in [-0.39, 0.29) is 6.09 Å². The van der Waals surface area contributed by atoms with E-state index in [0.717, 1.165) is 18.2 Å².